The molecule has 36 heavy (non-hydrogen) atoms. The molecule has 0 spiro atoms. The van der Waals surface area contributed by atoms with Crippen LogP contribution in [-0.4, -0.2) is 29.4 Å². The smallest absolute Gasteiger partial charge is 0.339 e. The molecule has 1 fully saturated rings. The molecule has 1 heterocycles. The number of nitro benzene ring substituents is 1. The summed E-state index contributed by atoms with van der Waals surface area (Å²) in [7, 11) is -4.33. The predicted octanol–water partition coefficient (Wildman–Crippen LogP) is 5.39. The summed E-state index contributed by atoms with van der Waals surface area (Å²) in [6.45, 7) is -0.122. The SMILES string of the molecule is O=C1S/C(=C\c2ccc(OS(=O)(=O)c3cccc([N+](=O)[O-])c3)cc2)C(=O)N1Cc1ccc(F)cc1Cl. The second-order valence-electron chi connectivity index (χ2n) is 7.36. The second-order valence-corrected chi connectivity index (χ2v) is 10.3. The Kier molecular flexibility index (Phi) is 7.11. The van der Waals surface area contributed by atoms with Crippen LogP contribution < -0.4 is 4.18 Å². The highest BCUT2D eigenvalue weighted by Crippen LogP contribution is 2.34. The topological polar surface area (TPSA) is 124 Å². The minimum absolute atomic E-state index is 0.0577. The van der Waals surface area contributed by atoms with E-state index in [0.717, 1.165) is 34.9 Å². The van der Waals surface area contributed by atoms with Gasteiger partial charge in [0, 0.05) is 17.2 Å². The molecule has 0 atom stereocenters. The lowest BCUT2D eigenvalue weighted by Gasteiger charge is -2.13. The molecule has 3 aromatic rings. The van der Waals surface area contributed by atoms with Gasteiger partial charge in [-0.15, -0.1) is 0 Å². The third-order valence-electron chi connectivity index (χ3n) is 4.92. The average Bonchev–Trinajstić information content (AvgIpc) is 3.09. The molecule has 1 aliphatic heterocycles. The first-order valence-corrected chi connectivity index (χ1v) is 12.6. The highest BCUT2D eigenvalue weighted by Gasteiger charge is 2.35. The molecule has 13 heteroatoms. The maximum absolute atomic E-state index is 13.3. The number of nitro groups is 1. The van der Waals surface area contributed by atoms with Crippen molar-refractivity contribution in [1.82, 2.24) is 4.90 Å². The molecule has 0 N–H and O–H groups in total. The molecule has 0 bridgehead atoms. The Morgan fingerprint density at radius 3 is 2.47 bits per heavy atom. The molecule has 184 valence electrons. The number of benzene rings is 3. The number of rotatable bonds is 7. The third-order valence-corrected chi connectivity index (χ3v) is 7.42. The van der Waals surface area contributed by atoms with E-state index >= 15 is 0 Å². The van der Waals surface area contributed by atoms with Gasteiger partial charge in [0.1, 0.15) is 16.5 Å². The molecular formula is C23H14ClFN2O7S2. The van der Waals surface area contributed by atoms with E-state index in [0.29, 0.717) is 11.1 Å². The molecule has 0 unspecified atom stereocenters. The summed E-state index contributed by atoms with van der Waals surface area (Å²) >= 11 is 6.71. The van der Waals surface area contributed by atoms with E-state index in [1.54, 1.807) is 0 Å². The molecular weight excluding hydrogens is 535 g/mol. The highest BCUT2D eigenvalue weighted by molar-refractivity contribution is 8.18. The van der Waals surface area contributed by atoms with Gasteiger partial charge in [0.25, 0.3) is 16.8 Å². The van der Waals surface area contributed by atoms with Gasteiger partial charge in [0.2, 0.25) is 0 Å². The lowest BCUT2D eigenvalue weighted by molar-refractivity contribution is -0.385. The average molecular weight is 549 g/mol. The quantitative estimate of drug-likeness (QED) is 0.166. The van der Waals surface area contributed by atoms with Gasteiger partial charge >= 0.3 is 10.1 Å². The van der Waals surface area contributed by atoms with Gasteiger partial charge in [-0.05, 0) is 59.3 Å². The van der Waals surface area contributed by atoms with E-state index < -0.39 is 37.7 Å². The molecule has 0 aliphatic carbocycles. The molecule has 0 saturated carbocycles. The zero-order chi connectivity index (χ0) is 26.0. The number of carbonyl (C=O) groups is 2. The van der Waals surface area contributed by atoms with Crippen molar-refractivity contribution in [2.75, 3.05) is 0 Å². The monoisotopic (exact) mass is 548 g/mol. The third kappa shape index (κ3) is 5.56. The van der Waals surface area contributed by atoms with Crippen molar-refractivity contribution in [2.45, 2.75) is 11.4 Å². The lowest BCUT2D eigenvalue weighted by atomic mass is 10.2. The molecule has 4 rings (SSSR count). The number of halogens is 2. The van der Waals surface area contributed by atoms with Gasteiger partial charge in [-0.25, -0.2) is 4.39 Å². The van der Waals surface area contributed by atoms with Crippen LogP contribution in [-0.2, 0) is 21.5 Å². The van der Waals surface area contributed by atoms with Gasteiger partial charge in [-0.2, -0.15) is 8.42 Å². The summed E-state index contributed by atoms with van der Waals surface area (Å²) in [4.78, 5) is 36.0. The number of carbonyl (C=O) groups excluding carboxylic acids is 2. The Morgan fingerprint density at radius 2 is 1.81 bits per heavy atom. The van der Waals surface area contributed by atoms with Crippen molar-refractivity contribution in [2.24, 2.45) is 0 Å². The number of non-ortho nitro benzene ring substituents is 1. The van der Waals surface area contributed by atoms with Crippen LogP contribution in [0.2, 0.25) is 5.02 Å². The zero-order valence-electron chi connectivity index (χ0n) is 18.0. The van der Waals surface area contributed by atoms with Gasteiger partial charge in [0.15, 0.2) is 0 Å². The van der Waals surface area contributed by atoms with Crippen LogP contribution in [0.3, 0.4) is 0 Å². The normalized spacial score (nSPS) is 14.9. The van der Waals surface area contributed by atoms with E-state index in [1.165, 1.54) is 54.6 Å². The number of hydrogen-bond donors (Lipinski definition) is 0. The van der Waals surface area contributed by atoms with E-state index in [-0.39, 0.29) is 27.1 Å². The van der Waals surface area contributed by atoms with E-state index in [4.69, 9.17) is 15.8 Å². The molecule has 9 nitrogen and oxygen atoms in total. The van der Waals surface area contributed by atoms with E-state index in [1.807, 2.05) is 0 Å². The largest absolute Gasteiger partial charge is 0.379 e. The second kappa shape index (κ2) is 10.1. The highest BCUT2D eigenvalue weighted by atomic mass is 35.5. The number of nitrogens with zero attached hydrogens (tertiary/aromatic N) is 2. The van der Waals surface area contributed by atoms with Crippen LogP contribution in [0.15, 0.2) is 76.5 Å². The molecule has 1 aliphatic rings. The fourth-order valence-corrected chi connectivity index (χ4v) is 5.19. The predicted molar refractivity (Wildman–Crippen MR) is 130 cm³/mol. The molecule has 0 radical (unpaired) electrons. The van der Waals surface area contributed by atoms with Crippen LogP contribution in [0.25, 0.3) is 6.08 Å². The Bertz CT molecular complexity index is 1530. The molecule has 1 saturated heterocycles. The van der Waals surface area contributed by atoms with Crippen LogP contribution >= 0.6 is 23.4 Å². The van der Waals surface area contributed by atoms with Crippen LogP contribution in [0, 0.1) is 15.9 Å². The van der Waals surface area contributed by atoms with Gasteiger partial charge < -0.3 is 4.18 Å². The minimum atomic E-state index is -4.33. The van der Waals surface area contributed by atoms with Gasteiger partial charge in [0.05, 0.1) is 16.4 Å². The van der Waals surface area contributed by atoms with Crippen LogP contribution in [0.1, 0.15) is 11.1 Å². The summed E-state index contributed by atoms with van der Waals surface area (Å²) in [5.41, 5.74) is 0.499. The maximum Gasteiger partial charge on any atom is 0.339 e. The van der Waals surface area contributed by atoms with Gasteiger partial charge in [-0.1, -0.05) is 35.9 Å². The summed E-state index contributed by atoms with van der Waals surface area (Å²) in [5, 5.41) is 10.5. The summed E-state index contributed by atoms with van der Waals surface area (Å²) in [6, 6.07) is 13.7. The zero-order valence-corrected chi connectivity index (χ0v) is 20.3. The lowest BCUT2D eigenvalue weighted by Crippen LogP contribution is -2.27. The number of hydrogen-bond acceptors (Lipinski definition) is 8. The Hall–Kier alpha value is -3.74. The van der Waals surface area contributed by atoms with Gasteiger partial charge in [-0.3, -0.25) is 24.6 Å². The Labute approximate surface area is 213 Å². The van der Waals surface area contributed by atoms with Crippen LogP contribution in [0.4, 0.5) is 14.9 Å². The Balaban J connectivity index is 1.48. The van der Waals surface area contributed by atoms with Crippen molar-refractivity contribution in [3.05, 3.63) is 104 Å². The number of imide groups is 1. The van der Waals surface area contributed by atoms with Crippen LogP contribution in [0.5, 0.6) is 5.75 Å². The van der Waals surface area contributed by atoms with E-state index in [2.05, 4.69) is 0 Å². The summed E-state index contributed by atoms with van der Waals surface area (Å²) < 4.78 is 43.2. The van der Waals surface area contributed by atoms with Crippen molar-refractivity contribution < 1.29 is 31.5 Å². The van der Waals surface area contributed by atoms with E-state index in [9.17, 15) is 32.5 Å². The first kappa shape index (κ1) is 25.4. The molecule has 0 aromatic heterocycles. The van der Waals surface area contributed by atoms with Crippen molar-refractivity contribution in [1.29, 1.82) is 0 Å². The number of amides is 2. The maximum atomic E-state index is 13.3. The first-order chi connectivity index (χ1) is 17.0. The standard InChI is InChI=1S/C23H14ClFN2O7S2/c24-20-11-16(25)7-6-15(20)13-26-22(28)21(35-23(26)29)10-14-4-8-18(9-5-14)34-36(32,33)19-3-1-2-17(12-19)27(30)31/h1-12H,13H2/b21-10-. The van der Waals surface area contributed by atoms with Crippen molar-refractivity contribution in [3.63, 3.8) is 0 Å². The first-order valence-electron chi connectivity index (χ1n) is 10.0. The van der Waals surface area contributed by atoms with Crippen molar-refractivity contribution >= 4 is 56.4 Å². The molecule has 3 aromatic carbocycles. The fourth-order valence-electron chi connectivity index (χ4n) is 3.15. The van der Waals surface area contributed by atoms with Crippen molar-refractivity contribution in [3.8, 4) is 5.75 Å². The Morgan fingerprint density at radius 1 is 1.08 bits per heavy atom. The minimum Gasteiger partial charge on any atom is -0.379 e. The summed E-state index contributed by atoms with van der Waals surface area (Å²) in [6.07, 6.45) is 1.45. The summed E-state index contributed by atoms with van der Waals surface area (Å²) in [5.74, 6) is -1.15. The molecule has 2 amide bonds. The fraction of sp³-hybridized carbons (Fsp3) is 0.0435. The number of thioether (sulfide) groups is 1.